The second-order valence-electron chi connectivity index (χ2n) is 1.56. The molecule has 0 amide bonds. The first-order valence-corrected chi connectivity index (χ1v) is 3.41. The van der Waals surface area contributed by atoms with Crippen LogP contribution in [0.1, 0.15) is 13.8 Å². The summed E-state index contributed by atoms with van der Waals surface area (Å²) in [6.07, 6.45) is 0. The predicted molar refractivity (Wildman–Crippen MR) is 33.8 cm³/mol. The van der Waals surface area contributed by atoms with Gasteiger partial charge in [0.15, 0.2) is 0 Å². The molecular weight excluding hydrogens is 123 g/mol. The van der Waals surface area contributed by atoms with Crippen molar-refractivity contribution in [2.75, 3.05) is 0 Å². The summed E-state index contributed by atoms with van der Waals surface area (Å²) < 4.78 is 27.8. The molecule has 0 aromatic heterocycles. The average Bonchev–Trinajstić information content (AvgIpc) is 1.31. The van der Waals surface area contributed by atoms with E-state index in [0.29, 0.717) is 0 Å². The van der Waals surface area contributed by atoms with Gasteiger partial charge in [0.1, 0.15) is 0 Å². The van der Waals surface area contributed by atoms with Crippen LogP contribution in [-0.2, 0) is 10.1 Å². The van der Waals surface area contributed by atoms with Crippen LogP contribution in [0.3, 0.4) is 0 Å². The molecule has 0 saturated heterocycles. The topological polar surface area (TPSA) is 54.4 Å². The Hall–Kier alpha value is 0.507. The van der Waals surface area contributed by atoms with Crippen LogP contribution in [0.2, 0.25) is 0 Å². The number of hydrogen-bond acceptors (Lipinski definition) is 2. The molecule has 0 aliphatic heterocycles. The quantitative estimate of drug-likeness (QED) is 0.391. The summed E-state index contributed by atoms with van der Waals surface area (Å²) in [6.45, 7) is 2.82. The van der Waals surface area contributed by atoms with E-state index in [9.17, 15) is 8.42 Å². The van der Waals surface area contributed by atoms with Crippen LogP contribution in [0.15, 0.2) is 0 Å². The molecule has 0 aliphatic rings. The monoisotopic (exact) mass is 132 g/mol. The van der Waals surface area contributed by atoms with Gasteiger partial charge in [-0.3, -0.25) is 4.55 Å². The van der Waals surface area contributed by atoms with E-state index in [1.54, 1.807) is 0 Å². The molecular formula is C3H9LiO3S. The van der Waals surface area contributed by atoms with Gasteiger partial charge in [-0.1, -0.05) is 0 Å². The molecule has 3 nitrogen and oxygen atoms in total. The molecule has 0 spiro atoms. The van der Waals surface area contributed by atoms with Crippen LogP contribution in [0, 0.1) is 0 Å². The number of rotatable bonds is 1. The van der Waals surface area contributed by atoms with Crippen LogP contribution >= 0.6 is 0 Å². The minimum absolute atomic E-state index is 0. The first-order chi connectivity index (χ1) is 2.94. The van der Waals surface area contributed by atoms with Crippen LogP contribution in [0.25, 0.3) is 0 Å². The minimum atomic E-state index is -3.74. The molecule has 0 bridgehead atoms. The molecule has 0 heterocycles. The summed E-state index contributed by atoms with van der Waals surface area (Å²) >= 11 is 0. The first kappa shape index (κ1) is 11.3. The zero-order valence-corrected chi connectivity index (χ0v) is 5.07. The molecule has 0 rings (SSSR count). The van der Waals surface area contributed by atoms with E-state index in [1.165, 1.54) is 13.8 Å². The third kappa shape index (κ3) is 4.66. The number of hydrogen-bond donors (Lipinski definition) is 1. The van der Waals surface area contributed by atoms with E-state index in [2.05, 4.69) is 0 Å². The van der Waals surface area contributed by atoms with Crippen molar-refractivity contribution in [3.63, 3.8) is 0 Å². The van der Waals surface area contributed by atoms with Crippen molar-refractivity contribution >= 4 is 29.0 Å². The third-order valence-electron chi connectivity index (χ3n) is 0.596. The third-order valence-corrected chi connectivity index (χ3v) is 1.79. The van der Waals surface area contributed by atoms with Gasteiger partial charge in [0.25, 0.3) is 10.1 Å². The second-order valence-corrected chi connectivity index (χ2v) is 3.54. The molecule has 46 valence electrons. The van der Waals surface area contributed by atoms with Crippen LogP contribution in [0.5, 0.6) is 0 Å². The summed E-state index contributed by atoms with van der Waals surface area (Å²) in [7, 11) is -3.74. The molecule has 0 fully saturated rings. The fraction of sp³-hybridized carbons (Fsp3) is 1.00. The standard InChI is InChI=1S/C3H8O3S.Li.H/c1-3(2)7(4,5)6;;/h3H,1-2H3,(H,4,5,6);;. The molecule has 0 radical (unpaired) electrons. The fourth-order valence-electron chi connectivity index (χ4n) is 0. The van der Waals surface area contributed by atoms with Crippen LogP contribution in [0.4, 0.5) is 0 Å². The van der Waals surface area contributed by atoms with Gasteiger partial charge >= 0.3 is 18.9 Å². The van der Waals surface area contributed by atoms with Crippen molar-refractivity contribution in [1.29, 1.82) is 0 Å². The maximum absolute atomic E-state index is 9.89. The Bertz CT molecular complexity index is 137. The molecule has 0 saturated carbocycles. The Morgan fingerprint density at radius 2 is 1.50 bits per heavy atom. The van der Waals surface area contributed by atoms with Crippen molar-refractivity contribution in [2.45, 2.75) is 19.1 Å². The molecule has 0 aliphatic carbocycles. The van der Waals surface area contributed by atoms with E-state index < -0.39 is 15.4 Å². The van der Waals surface area contributed by atoms with Gasteiger partial charge in [-0.15, -0.1) is 0 Å². The Kier molecular flexibility index (Phi) is 4.98. The Morgan fingerprint density at radius 1 is 1.38 bits per heavy atom. The van der Waals surface area contributed by atoms with Crippen LogP contribution in [-0.4, -0.2) is 37.1 Å². The van der Waals surface area contributed by atoms with Crippen molar-refractivity contribution in [2.24, 2.45) is 0 Å². The van der Waals surface area contributed by atoms with E-state index in [-0.39, 0.29) is 18.9 Å². The normalized spacial score (nSPS) is 11.0. The molecule has 0 unspecified atom stereocenters. The van der Waals surface area contributed by atoms with Crippen LogP contribution < -0.4 is 0 Å². The molecule has 0 atom stereocenters. The molecule has 8 heavy (non-hydrogen) atoms. The van der Waals surface area contributed by atoms with Gasteiger partial charge in [0.05, 0.1) is 5.25 Å². The van der Waals surface area contributed by atoms with E-state index in [1.807, 2.05) is 0 Å². The predicted octanol–water partition coefficient (Wildman–Crippen LogP) is -0.366. The van der Waals surface area contributed by atoms with Crippen molar-refractivity contribution in [1.82, 2.24) is 0 Å². The van der Waals surface area contributed by atoms with E-state index in [0.717, 1.165) is 0 Å². The van der Waals surface area contributed by atoms with Gasteiger partial charge < -0.3 is 0 Å². The summed E-state index contributed by atoms with van der Waals surface area (Å²) in [6, 6.07) is 0. The molecule has 1 N–H and O–H groups in total. The summed E-state index contributed by atoms with van der Waals surface area (Å²) in [5.41, 5.74) is 0. The maximum atomic E-state index is 9.89. The zero-order chi connectivity index (χ0) is 6.08. The van der Waals surface area contributed by atoms with E-state index in [4.69, 9.17) is 4.55 Å². The molecule has 5 heteroatoms. The van der Waals surface area contributed by atoms with Crippen molar-refractivity contribution in [3.8, 4) is 0 Å². The zero-order valence-electron chi connectivity index (χ0n) is 4.25. The second kappa shape index (κ2) is 3.52. The summed E-state index contributed by atoms with van der Waals surface area (Å²) in [4.78, 5) is 0. The molecule has 0 aromatic rings. The Balaban J connectivity index is 0. The Morgan fingerprint density at radius 3 is 1.50 bits per heavy atom. The van der Waals surface area contributed by atoms with Crippen molar-refractivity contribution in [3.05, 3.63) is 0 Å². The summed E-state index contributed by atoms with van der Waals surface area (Å²) in [5.74, 6) is 0. The van der Waals surface area contributed by atoms with Crippen molar-refractivity contribution < 1.29 is 13.0 Å². The van der Waals surface area contributed by atoms with Gasteiger partial charge in [0, 0.05) is 0 Å². The first-order valence-electron chi connectivity index (χ1n) is 1.91. The fourth-order valence-corrected chi connectivity index (χ4v) is 0. The van der Waals surface area contributed by atoms with Gasteiger partial charge in [-0.2, -0.15) is 8.42 Å². The SMILES string of the molecule is CC(C)S(=O)(=O)O.[LiH]. The van der Waals surface area contributed by atoms with Gasteiger partial charge in [0.2, 0.25) is 0 Å². The van der Waals surface area contributed by atoms with Gasteiger partial charge in [-0.25, -0.2) is 0 Å². The van der Waals surface area contributed by atoms with E-state index >= 15 is 0 Å². The average molecular weight is 132 g/mol. The van der Waals surface area contributed by atoms with Gasteiger partial charge in [-0.05, 0) is 13.8 Å². The Labute approximate surface area is 61.4 Å². The summed E-state index contributed by atoms with van der Waals surface area (Å²) in [5, 5.41) is -0.674. The molecule has 0 aromatic carbocycles.